The summed E-state index contributed by atoms with van der Waals surface area (Å²) in [5, 5.41) is 7.69. The summed E-state index contributed by atoms with van der Waals surface area (Å²) in [6, 6.07) is 7.48. The molecule has 5 heteroatoms. The van der Waals surface area contributed by atoms with Crippen molar-refractivity contribution in [2.45, 2.75) is 13.5 Å². The van der Waals surface area contributed by atoms with Gasteiger partial charge >= 0.3 is 0 Å². The van der Waals surface area contributed by atoms with E-state index >= 15 is 0 Å². The summed E-state index contributed by atoms with van der Waals surface area (Å²) in [7, 11) is 0. The molecule has 0 saturated heterocycles. The molecule has 0 bridgehead atoms. The molecule has 0 unspecified atom stereocenters. The molecule has 2 N–H and O–H groups in total. The van der Waals surface area contributed by atoms with E-state index in [1.54, 1.807) is 0 Å². The van der Waals surface area contributed by atoms with Gasteiger partial charge in [-0.1, -0.05) is 0 Å². The fourth-order valence-corrected chi connectivity index (χ4v) is 1.31. The highest BCUT2D eigenvalue weighted by Crippen LogP contribution is 2.21. The summed E-state index contributed by atoms with van der Waals surface area (Å²) < 4.78 is 10.7. The monoisotopic (exact) mass is 219 g/mol. The first-order valence-electron chi connectivity index (χ1n) is 5.09. The van der Waals surface area contributed by atoms with Gasteiger partial charge in [-0.05, 0) is 31.2 Å². The molecule has 16 heavy (non-hydrogen) atoms. The van der Waals surface area contributed by atoms with Crippen molar-refractivity contribution >= 4 is 0 Å². The SMILES string of the molecule is CCOc1ccc(-c2nnc(CN)o2)cc1. The van der Waals surface area contributed by atoms with Crippen molar-refractivity contribution in [2.75, 3.05) is 6.61 Å². The van der Waals surface area contributed by atoms with Gasteiger partial charge in [-0.3, -0.25) is 0 Å². The Labute approximate surface area is 93.2 Å². The number of nitrogens with two attached hydrogens (primary N) is 1. The van der Waals surface area contributed by atoms with Crippen molar-refractivity contribution in [3.8, 4) is 17.2 Å². The van der Waals surface area contributed by atoms with Crippen molar-refractivity contribution in [1.29, 1.82) is 0 Å². The van der Waals surface area contributed by atoms with Crippen molar-refractivity contribution < 1.29 is 9.15 Å². The van der Waals surface area contributed by atoms with Gasteiger partial charge in [0.15, 0.2) is 0 Å². The lowest BCUT2D eigenvalue weighted by Crippen LogP contribution is -1.95. The van der Waals surface area contributed by atoms with Crippen LogP contribution in [-0.4, -0.2) is 16.8 Å². The van der Waals surface area contributed by atoms with Crippen LogP contribution < -0.4 is 10.5 Å². The van der Waals surface area contributed by atoms with Crippen molar-refractivity contribution in [1.82, 2.24) is 10.2 Å². The molecule has 1 aromatic heterocycles. The predicted octanol–water partition coefficient (Wildman–Crippen LogP) is 1.59. The van der Waals surface area contributed by atoms with E-state index in [1.807, 2.05) is 31.2 Å². The lowest BCUT2D eigenvalue weighted by atomic mass is 10.2. The maximum atomic E-state index is 5.39. The summed E-state index contributed by atoms with van der Waals surface area (Å²) >= 11 is 0. The number of hydrogen-bond acceptors (Lipinski definition) is 5. The Morgan fingerprint density at radius 3 is 2.56 bits per heavy atom. The van der Waals surface area contributed by atoms with E-state index in [1.165, 1.54) is 0 Å². The Morgan fingerprint density at radius 1 is 1.25 bits per heavy atom. The van der Waals surface area contributed by atoms with Crippen LogP contribution in [0.5, 0.6) is 5.75 Å². The first-order valence-corrected chi connectivity index (χ1v) is 5.09. The molecule has 0 fully saturated rings. The van der Waals surface area contributed by atoms with Gasteiger partial charge < -0.3 is 14.9 Å². The lowest BCUT2D eigenvalue weighted by Gasteiger charge is -2.02. The van der Waals surface area contributed by atoms with Crippen LogP contribution in [-0.2, 0) is 6.54 Å². The Morgan fingerprint density at radius 2 is 2.00 bits per heavy atom. The number of benzene rings is 1. The van der Waals surface area contributed by atoms with E-state index in [-0.39, 0.29) is 6.54 Å². The zero-order valence-corrected chi connectivity index (χ0v) is 9.01. The topological polar surface area (TPSA) is 74.2 Å². The fraction of sp³-hybridized carbons (Fsp3) is 0.273. The molecular formula is C11H13N3O2. The number of nitrogens with zero attached hydrogens (tertiary/aromatic N) is 2. The molecular weight excluding hydrogens is 206 g/mol. The first-order chi connectivity index (χ1) is 7.83. The average molecular weight is 219 g/mol. The van der Waals surface area contributed by atoms with Crippen LogP contribution >= 0.6 is 0 Å². The standard InChI is InChI=1S/C11H13N3O2/c1-2-15-9-5-3-8(4-6-9)11-14-13-10(7-12)16-11/h3-6H,2,7,12H2,1H3. The van der Waals surface area contributed by atoms with Gasteiger partial charge in [0, 0.05) is 5.56 Å². The smallest absolute Gasteiger partial charge is 0.247 e. The van der Waals surface area contributed by atoms with Gasteiger partial charge in [0.2, 0.25) is 11.8 Å². The minimum Gasteiger partial charge on any atom is -0.494 e. The molecule has 0 aliphatic rings. The number of aromatic nitrogens is 2. The quantitative estimate of drug-likeness (QED) is 0.845. The third kappa shape index (κ3) is 2.20. The summed E-state index contributed by atoms with van der Waals surface area (Å²) in [6.07, 6.45) is 0. The van der Waals surface area contributed by atoms with E-state index in [4.69, 9.17) is 14.9 Å². The maximum Gasteiger partial charge on any atom is 0.247 e. The van der Waals surface area contributed by atoms with E-state index in [0.717, 1.165) is 11.3 Å². The van der Waals surface area contributed by atoms with Gasteiger partial charge in [-0.2, -0.15) is 0 Å². The Bertz CT molecular complexity index is 451. The second-order valence-electron chi connectivity index (χ2n) is 3.16. The molecule has 1 heterocycles. The van der Waals surface area contributed by atoms with E-state index in [2.05, 4.69) is 10.2 Å². The first kappa shape index (κ1) is 10.6. The van der Waals surface area contributed by atoms with Gasteiger partial charge in [0.1, 0.15) is 5.75 Å². The zero-order valence-electron chi connectivity index (χ0n) is 9.01. The van der Waals surface area contributed by atoms with Gasteiger partial charge in [-0.25, -0.2) is 0 Å². The molecule has 0 spiro atoms. The molecule has 5 nitrogen and oxygen atoms in total. The second kappa shape index (κ2) is 4.76. The molecule has 2 aromatic rings. The molecule has 0 amide bonds. The highest BCUT2D eigenvalue weighted by Gasteiger charge is 2.06. The van der Waals surface area contributed by atoms with E-state index < -0.39 is 0 Å². The fourth-order valence-electron chi connectivity index (χ4n) is 1.31. The minimum absolute atomic E-state index is 0.254. The molecule has 0 saturated carbocycles. The molecule has 0 aliphatic heterocycles. The largest absolute Gasteiger partial charge is 0.494 e. The number of ether oxygens (including phenoxy) is 1. The van der Waals surface area contributed by atoms with Crippen LogP contribution in [0.25, 0.3) is 11.5 Å². The summed E-state index contributed by atoms with van der Waals surface area (Å²) in [6.45, 7) is 2.85. The molecule has 84 valence electrons. The maximum absolute atomic E-state index is 5.39. The molecule has 0 radical (unpaired) electrons. The molecule has 0 aliphatic carbocycles. The summed E-state index contributed by atoms with van der Waals surface area (Å²) in [4.78, 5) is 0. The summed E-state index contributed by atoms with van der Waals surface area (Å²) in [5.41, 5.74) is 6.25. The van der Waals surface area contributed by atoms with E-state index in [9.17, 15) is 0 Å². The van der Waals surface area contributed by atoms with Gasteiger partial charge in [0.05, 0.1) is 13.2 Å². The third-order valence-corrected chi connectivity index (χ3v) is 2.05. The van der Waals surface area contributed by atoms with Crippen LogP contribution in [0.4, 0.5) is 0 Å². The lowest BCUT2D eigenvalue weighted by molar-refractivity contribution is 0.340. The molecule has 1 aromatic carbocycles. The molecule has 0 atom stereocenters. The summed E-state index contributed by atoms with van der Waals surface area (Å²) in [5.74, 6) is 1.73. The minimum atomic E-state index is 0.254. The van der Waals surface area contributed by atoms with Crippen molar-refractivity contribution in [3.63, 3.8) is 0 Å². The zero-order chi connectivity index (χ0) is 11.4. The van der Waals surface area contributed by atoms with Crippen LogP contribution in [0.1, 0.15) is 12.8 Å². The Kier molecular flexibility index (Phi) is 3.16. The van der Waals surface area contributed by atoms with E-state index in [0.29, 0.717) is 18.4 Å². The Balaban J connectivity index is 2.20. The van der Waals surface area contributed by atoms with Gasteiger partial charge in [-0.15, -0.1) is 10.2 Å². The highest BCUT2D eigenvalue weighted by molar-refractivity contribution is 5.53. The van der Waals surface area contributed by atoms with Crippen LogP contribution in [0.2, 0.25) is 0 Å². The number of rotatable bonds is 4. The van der Waals surface area contributed by atoms with Crippen molar-refractivity contribution in [2.24, 2.45) is 5.73 Å². The number of hydrogen-bond donors (Lipinski definition) is 1. The third-order valence-electron chi connectivity index (χ3n) is 2.05. The van der Waals surface area contributed by atoms with Crippen molar-refractivity contribution in [3.05, 3.63) is 30.2 Å². The van der Waals surface area contributed by atoms with Crippen LogP contribution in [0.15, 0.2) is 28.7 Å². The Hall–Kier alpha value is -1.88. The van der Waals surface area contributed by atoms with Gasteiger partial charge in [0.25, 0.3) is 0 Å². The second-order valence-corrected chi connectivity index (χ2v) is 3.16. The van der Waals surface area contributed by atoms with Crippen LogP contribution in [0, 0.1) is 0 Å². The predicted molar refractivity (Wildman–Crippen MR) is 58.8 cm³/mol. The average Bonchev–Trinajstić information content (AvgIpc) is 2.79. The normalized spacial score (nSPS) is 10.4. The highest BCUT2D eigenvalue weighted by atomic mass is 16.5. The van der Waals surface area contributed by atoms with Crippen LogP contribution in [0.3, 0.4) is 0 Å². The molecule has 2 rings (SSSR count).